The number of benzene rings is 2. The maximum absolute atomic E-state index is 6.35. The monoisotopic (exact) mass is 288 g/mol. The molecule has 0 saturated heterocycles. The van der Waals surface area contributed by atoms with Crippen LogP contribution in [0.25, 0.3) is 0 Å². The van der Waals surface area contributed by atoms with Gasteiger partial charge in [-0.3, -0.25) is 0 Å². The molecule has 0 unspecified atom stereocenters. The molecule has 0 spiro atoms. The van der Waals surface area contributed by atoms with Gasteiger partial charge >= 0.3 is 0 Å². The van der Waals surface area contributed by atoms with Crippen LogP contribution in [0, 0.1) is 6.92 Å². The lowest BCUT2D eigenvalue weighted by Gasteiger charge is -2.25. The average Bonchev–Trinajstić information content (AvgIpc) is 2.45. The first-order valence-electron chi connectivity index (χ1n) is 6.99. The lowest BCUT2D eigenvalue weighted by atomic mass is 10.1. The maximum Gasteiger partial charge on any atom is 0.0459 e. The van der Waals surface area contributed by atoms with Gasteiger partial charge in [-0.2, -0.15) is 0 Å². The molecule has 3 heteroatoms. The van der Waals surface area contributed by atoms with Gasteiger partial charge in [0.2, 0.25) is 0 Å². The van der Waals surface area contributed by atoms with Crippen LogP contribution in [0.5, 0.6) is 0 Å². The highest BCUT2D eigenvalue weighted by atomic mass is 35.5. The molecule has 2 aromatic rings. The maximum atomic E-state index is 6.35. The fraction of sp³-hybridized carbons (Fsp3) is 0.294. The largest absolute Gasteiger partial charge is 0.342 e. The summed E-state index contributed by atoms with van der Waals surface area (Å²) in [6, 6.07) is 14.6. The molecule has 2 nitrogen and oxygen atoms in total. The van der Waals surface area contributed by atoms with Gasteiger partial charge in [0, 0.05) is 22.9 Å². The van der Waals surface area contributed by atoms with Crippen molar-refractivity contribution in [3.8, 4) is 0 Å². The Morgan fingerprint density at radius 1 is 1.15 bits per heavy atom. The lowest BCUT2D eigenvalue weighted by Crippen LogP contribution is -2.17. The Kier molecular flexibility index (Phi) is 5.05. The summed E-state index contributed by atoms with van der Waals surface area (Å²) in [6.07, 6.45) is 0.815. The van der Waals surface area contributed by atoms with E-state index >= 15 is 0 Å². The van der Waals surface area contributed by atoms with Crippen LogP contribution < -0.4 is 10.6 Å². The predicted octanol–water partition coefficient (Wildman–Crippen LogP) is 4.31. The Morgan fingerprint density at radius 2 is 1.90 bits per heavy atom. The molecule has 0 bridgehead atoms. The Balaban J connectivity index is 2.38. The number of aryl methyl sites for hydroxylation is 1. The quantitative estimate of drug-likeness (QED) is 0.888. The number of halogens is 1. The third-order valence-electron chi connectivity index (χ3n) is 3.48. The van der Waals surface area contributed by atoms with Crippen molar-refractivity contribution in [1.82, 2.24) is 0 Å². The van der Waals surface area contributed by atoms with Gasteiger partial charge in [0.05, 0.1) is 0 Å². The third-order valence-corrected chi connectivity index (χ3v) is 3.84. The van der Waals surface area contributed by atoms with Gasteiger partial charge in [0.15, 0.2) is 0 Å². The minimum Gasteiger partial charge on any atom is -0.342 e. The summed E-state index contributed by atoms with van der Waals surface area (Å²) in [7, 11) is 0. The Labute approximate surface area is 126 Å². The molecule has 0 aliphatic carbocycles. The van der Waals surface area contributed by atoms with E-state index < -0.39 is 0 Å². The SMILES string of the molecule is CCN(c1ccc(CCN)c(Cl)c1)c1ccccc1C. The second-order valence-electron chi connectivity index (χ2n) is 4.85. The van der Waals surface area contributed by atoms with Crippen LogP contribution >= 0.6 is 11.6 Å². The van der Waals surface area contributed by atoms with E-state index in [1.165, 1.54) is 11.3 Å². The molecule has 20 heavy (non-hydrogen) atoms. The van der Waals surface area contributed by atoms with Crippen molar-refractivity contribution in [2.24, 2.45) is 5.73 Å². The van der Waals surface area contributed by atoms with Crippen LogP contribution in [0.4, 0.5) is 11.4 Å². The number of rotatable bonds is 5. The summed E-state index contributed by atoms with van der Waals surface area (Å²) in [4.78, 5) is 2.27. The minimum atomic E-state index is 0.619. The van der Waals surface area contributed by atoms with E-state index in [9.17, 15) is 0 Å². The molecular formula is C17H21ClN2. The van der Waals surface area contributed by atoms with Crippen molar-refractivity contribution >= 4 is 23.0 Å². The number of hydrogen-bond acceptors (Lipinski definition) is 2. The third kappa shape index (κ3) is 3.14. The second kappa shape index (κ2) is 6.78. The summed E-state index contributed by atoms with van der Waals surface area (Å²) in [5, 5.41) is 0.792. The van der Waals surface area contributed by atoms with Crippen LogP contribution in [-0.2, 0) is 6.42 Å². The molecule has 0 fully saturated rings. The molecule has 0 aromatic heterocycles. The molecule has 0 aliphatic heterocycles. The zero-order valence-electron chi connectivity index (χ0n) is 12.1. The molecule has 2 rings (SSSR count). The summed E-state index contributed by atoms with van der Waals surface area (Å²) < 4.78 is 0. The van der Waals surface area contributed by atoms with Crippen LogP contribution in [0.3, 0.4) is 0 Å². The molecule has 0 amide bonds. The van der Waals surface area contributed by atoms with Crippen molar-refractivity contribution in [2.45, 2.75) is 20.3 Å². The fourth-order valence-electron chi connectivity index (χ4n) is 2.42. The van der Waals surface area contributed by atoms with Gasteiger partial charge in [0.25, 0.3) is 0 Å². The molecule has 0 atom stereocenters. The van der Waals surface area contributed by atoms with Crippen molar-refractivity contribution in [1.29, 1.82) is 0 Å². The van der Waals surface area contributed by atoms with Gasteiger partial charge in [-0.1, -0.05) is 35.9 Å². The number of para-hydroxylation sites is 1. The topological polar surface area (TPSA) is 29.3 Å². The standard InChI is InChI=1S/C17H21ClN2/c1-3-20(17-7-5-4-6-13(17)2)15-9-8-14(10-11-19)16(18)12-15/h4-9,12H,3,10-11,19H2,1-2H3. The van der Waals surface area contributed by atoms with Gasteiger partial charge in [0.1, 0.15) is 0 Å². The van der Waals surface area contributed by atoms with Crippen molar-refractivity contribution in [2.75, 3.05) is 18.0 Å². The van der Waals surface area contributed by atoms with Crippen LogP contribution in [0.1, 0.15) is 18.1 Å². The Morgan fingerprint density at radius 3 is 2.50 bits per heavy atom. The van der Waals surface area contributed by atoms with Gasteiger partial charge in [-0.15, -0.1) is 0 Å². The summed E-state index contributed by atoms with van der Waals surface area (Å²) in [5.41, 5.74) is 10.3. The van der Waals surface area contributed by atoms with Crippen molar-refractivity contribution in [3.05, 3.63) is 58.6 Å². The first kappa shape index (κ1) is 14.9. The Bertz CT molecular complexity index is 581. The molecule has 2 aromatic carbocycles. The van der Waals surface area contributed by atoms with Crippen LogP contribution in [0.15, 0.2) is 42.5 Å². The van der Waals surface area contributed by atoms with E-state index in [-0.39, 0.29) is 0 Å². The lowest BCUT2D eigenvalue weighted by molar-refractivity contribution is 0.965. The molecule has 0 saturated carbocycles. The first-order valence-corrected chi connectivity index (χ1v) is 7.36. The van der Waals surface area contributed by atoms with Gasteiger partial charge < -0.3 is 10.6 Å². The van der Waals surface area contributed by atoms with Crippen molar-refractivity contribution in [3.63, 3.8) is 0 Å². The molecular weight excluding hydrogens is 268 g/mol. The number of nitrogens with two attached hydrogens (primary N) is 1. The summed E-state index contributed by atoms with van der Waals surface area (Å²) >= 11 is 6.35. The van der Waals surface area contributed by atoms with Crippen molar-refractivity contribution < 1.29 is 0 Å². The minimum absolute atomic E-state index is 0.619. The highest BCUT2D eigenvalue weighted by molar-refractivity contribution is 6.31. The zero-order valence-corrected chi connectivity index (χ0v) is 12.8. The second-order valence-corrected chi connectivity index (χ2v) is 5.25. The smallest absolute Gasteiger partial charge is 0.0459 e. The molecule has 106 valence electrons. The molecule has 0 radical (unpaired) electrons. The highest BCUT2D eigenvalue weighted by Gasteiger charge is 2.11. The molecule has 2 N–H and O–H groups in total. The van der Waals surface area contributed by atoms with Gasteiger partial charge in [-0.25, -0.2) is 0 Å². The van der Waals surface area contributed by atoms with Crippen LogP contribution in [0.2, 0.25) is 5.02 Å². The van der Waals surface area contributed by atoms with E-state index in [2.05, 4.69) is 55.1 Å². The molecule has 0 aliphatic rings. The average molecular weight is 289 g/mol. The van der Waals surface area contributed by atoms with E-state index in [0.29, 0.717) is 6.54 Å². The van der Waals surface area contributed by atoms with E-state index in [1.807, 2.05) is 6.07 Å². The first-order chi connectivity index (χ1) is 9.67. The normalized spacial score (nSPS) is 10.6. The zero-order chi connectivity index (χ0) is 14.5. The Hall–Kier alpha value is -1.51. The highest BCUT2D eigenvalue weighted by Crippen LogP contribution is 2.31. The van der Waals surface area contributed by atoms with E-state index in [0.717, 1.165) is 29.2 Å². The van der Waals surface area contributed by atoms with Gasteiger partial charge in [-0.05, 0) is 56.1 Å². The van der Waals surface area contributed by atoms with E-state index in [1.54, 1.807) is 0 Å². The number of hydrogen-bond donors (Lipinski definition) is 1. The number of anilines is 2. The summed E-state index contributed by atoms with van der Waals surface area (Å²) in [5.74, 6) is 0. The van der Waals surface area contributed by atoms with E-state index in [4.69, 9.17) is 17.3 Å². The fourth-order valence-corrected chi connectivity index (χ4v) is 2.69. The van der Waals surface area contributed by atoms with Crippen LogP contribution in [-0.4, -0.2) is 13.1 Å². The molecule has 0 heterocycles. The predicted molar refractivity (Wildman–Crippen MR) is 88.1 cm³/mol. The summed E-state index contributed by atoms with van der Waals surface area (Å²) in [6.45, 7) is 5.79. The number of nitrogens with zero attached hydrogens (tertiary/aromatic N) is 1.